The molecule has 0 radical (unpaired) electrons. The van der Waals surface area contributed by atoms with Crippen LogP contribution >= 0.6 is 0 Å². The molecule has 1 aromatic carbocycles. The Kier molecular flexibility index (Phi) is 3.86. The lowest BCUT2D eigenvalue weighted by atomic mass is 10.1. The van der Waals surface area contributed by atoms with Gasteiger partial charge in [-0.15, -0.1) is 0 Å². The molecule has 4 nitrogen and oxygen atoms in total. The summed E-state index contributed by atoms with van der Waals surface area (Å²) in [6.07, 6.45) is 0.496. The maximum Gasteiger partial charge on any atom is 0.161 e. The van der Waals surface area contributed by atoms with Gasteiger partial charge in [0.1, 0.15) is 6.10 Å². The van der Waals surface area contributed by atoms with Crippen molar-refractivity contribution in [1.82, 2.24) is 0 Å². The van der Waals surface area contributed by atoms with E-state index in [1.54, 1.807) is 20.1 Å². The van der Waals surface area contributed by atoms with Crippen LogP contribution in [-0.4, -0.2) is 31.5 Å². The molecule has 0 bridgehead atoms. The Morgan fingerprint density at radius 1 is 1.41 bits per heavy atom. The molecule has 2 rings (SSSR count). The lowest BCUT2D eigenvalue weighted by Gasteiger charge is -2.16. The maximum atomic E-state index is 9.50. The maximum absolute atomic E-state index is 9.50. The second-order valence-electron chi connectivity index (χ2n) is 4.19. The molecule has 17 heavy (non-hydrogen) atoms. The topological polar surface area (TPSA) is 47.9 Å². The van der Waals surface area contributed by atoms with E-state index in [9.17, 15) is 5.11 Å². The van der Waals surface area contributed by atoms with Gasteiger partial charge in [-0.25, -0.2) is 0 Å². The van der Waals surface area contributed by atoms with Crippen LogP contribution in [0.3, 0.4) is 0 Å². The van der Waals surface area contributed by atoms with E-state index < -0.39 is 6.10 Å². The molecule has 0 amide bonds. The van der Waals surface area contributed by atoms with Crippen molar-refractivity contribution in [3.05, 3.63) is 23.8 Å². The smallest absolute Gasteiger partial charge is 0.161 e. The first-order valence-electron chi connectivity index (χ1n) is 5.81. The van der Waals surface area contributed by atoms with Crippen LogP contribution in [0, 0.1) is 0 Å². The van der Waals surface area contributed by atoms with Gasteiger partial charge in [-0.2, -0.15) is 0 Å². The summed E-state index contributed by atoms with van der Waals surface area (Å²) in [5.41, 5.74) is 0.817. The minimum Gasteiger partial charge on any atom is -0.493 e. The first-order valence-corrected chi connectivity index (χ1v) is 5.81. The van der Waals surface area contributed by atoms with Crippen molar-refractivity contribution >= 4 is 0 Å². The molecule has 94 valence electrons. The average Bonchev–Trinajstić information content (AvgIpc) is 2.82. The van der Waals surface area contributed by atoms with Gasteiger partial charge in [0.2, 0.25) is 0 Å². The van der Waals surface area contributed by atoms with Gasteiger partial charge in [0.15, 0.2) is 11.5 Å². The Morgan fingerprint density at radius 3 is 2.82 bits per heavy atom. The summed E-state index contributed by atoms with van der Waals surface area (Å²) in [5, 5.41) is 9.50. The third kappa shape index (κ3) is 2.90. The normalized spacial score (nSPS) is 21.2. The van der Waals surface area contributed by atoms with E-state index in [-0.39, 0.29) is 6.10 Å². The summed E-state index contributed by atoms with van der Waals surface area (Å²) < 4.78 is 16.3. The predicted molar refractivity (Wildman–Crippen MR) is 63.5 cm³/mol. The summed E-state index contributed by atoms with van der Waals surface area (Å²) in [7, 11) is 1.60. The number of benzene rings is 1. The second kappa shape index (κ2) is 5.38. The third-order valence-corrected chi connectivity index (χ3v) is 2.85. The molecule has 0 aliphatic carbocycles. The van der Waals surface area contributed by atoms with Crippen LogP contribution in [0.2, 0.25) is 0 Å². The lowest BCUT2D eigenvalue weighted by molar-refractivity contribution is 0.138. The molecule has 4 heteroatoms. The molecular formula is C13H18O4. The van der Waals surface area contributed by atoms with Gasteiger partial charge in [0.25, 0.3) is 0 Å². The van der Waals surface area contributed by atoms with Gasteiger partial charge in [0.05, 0.1) is 26.4 Å². The quantitative estimate of drug-likeness (QED) is 0.870. The number of aliphatic hydroxyl groups excluding tert-OH is 1. The summed E-state index contributed by atoms with van der Waals surface area (Å²) in [6, 6.07) is 5.48. The van der Waals surface area contributed by atoms with E-state index in [1.165, 1.54) is 0 Å². The highest BCUT2D eigenvalue weighted by Gasteiger charge is 2.19. The fourth-order valence-electron chi connectivity index (χ4n) is 1.83. The highest BCUT2D eigenvalue weighted by atomic mass is 16.6. The Bertz CT molecular complexity index is 370. The van der Waals surface area contributed by atoms with Crippen LogP contribution in [0.25, 0.3) is 0 Å². The fourth-order valence-corrected chi connectivity index (χ4v) is 1.83. The van der Waals surface area contributed by atoms with Crippen LogP contribution in [0.15, 0.2) is 18.2 Å². The van der Waals surface area contributed by atoms with E-state index in [0.29, 0.717) is 18.1 Å². The molecule has 1 heterocycles. The minimum absolute atomic E-state index is 0.0984. The van der Waals surface area contributed by atoms with Crippen molar-refractivity contribution in [2.75, 3.05) is 20.3 Å². The monoisotopic (exact) mass is 238 g/mol. The number of hydrogen-bond acceptors (Lipinski definition) is 4. The fraction of sp³-hybridized carbons (Fsp3) is 0.538. The summed E-state index contributed by atoms with van der Waals surface area (Å²) in [5.74, 6) is 1.35. The molecule has 2 atom stereocenters. The van der Waals surface area contributed by atoms with Gasteiger partial charge in [-0.05, 0) is 24.6 Å². The number of aliphatic hydroxyl groups is 1. The number of methoxy groups -OCH3 is 1. The molecule has 0 saturated carbocycles. The minimum atomic E-state index is -0.507. The molecule has 1 aliphatic rings. The Hall–Kier alpha value is -1.26. The standard InChI is InChI=1S/C13H18O4/c1-9(14)10-3-4-12(13(7-10)15-2)17-11-5-6-16-8-11/h3-4,7,9,11,14H,5-6,8H2,1-2H3/t9-,11?/m1/s1. The SMILES string of the molecule is COc1cc([C@@H](C)O)ccc1OC1CCOC1. The van der Waals surface area contributed by atoms with Gasteiger partial charge >= 0.3 is 0 Å². The first-order chi connectivity index (χ1) is 8.20. The Morgan fingerprint density at radius 2 is 2.24 bits per heavy atom. The molecule has 1 aliphatic heterocycles. The second-order valence-corrected chi connectivity index (χ2v) is 4.19. The van der Waals surface area contributed by atoms with Gasteiger partial charge in [-0.3, -0.25) is 0 Å². The molecule has 1 unspecified atom stereocenters. The lowest BCUT2D eigenvalue weighted by Crippen LogP contribution is -2.16. The molecule has 1 N–H and O–H groups in total. The van der Waals surface area contributed by atoms with Gasteiger partial charge in [-0.1, -0.05) is 6.07 Å². The molecule has 1 fully saturated rings. The third-order valence-electron chi connectivity index (χ3n) is 2.85. The highest BCUT2D eigenvalue weighted by Crippen LogP contribution is 2.31. The number of ether oxygens (including phenoxy) is 3. The first kappa shape index (κ1) is 12.2. The summed E-state index contributed by atoms with van der Waals surface area (Å²) in [6.45, 7) is 3.10. The van der Waals surface area contributed by atoms with E-state index in [4.69, 9.17) is 14.2 Å². The van der Waals surface area contributed by atoms with E-state index in [0.717, 1.165) is 18.6 Å². The molecule has 0 spiro atoms. The van der Waals surface area contributed by atoms with Crippen LogP contribution < -0.4 is 9.47 Å². The van der Waals surface area contributed by atoms with E-state index in [1.807, 2.05) is 12.1 Å². The zero-order valence-electron chi connectivity index (χ0n) is 10.2. The van der Waals surface area contributed by atoms with E-state index >= 15 is 0 Å². The highest BCUT2D eigenvalue weighted by molar-refractivity contribution is 5.43. The van der Waals surface area contributed by atoms with Crippen molar-refractivity contribution in [1.29, 1.82) is 0 Å². The summed E-state index contributed by atoms with van der Waals surface area (Å²) >= 11 is 0. The molecular weight excluding hydrogens is 220 g/mol. The van der Waals surface area contributed by atoms with Crippen molar-refractivity contribution in [2.45, 2.75) is 25.6 Å². The van der Waals surface area contributed by atoms with Crippen molar-refractivity contribution in [3.63, 3.8) is 0 Å². The molecule has 1 aromatic rings. The van der Waals surface area contributed by atoms with Gasteiger partial charge < -0.3 is 19.3 Å². The van der Waals surface area contributed by atoms with Crippen molar-refractivity contribution < 1.29 is 19.3 Å². The predicted octanol–water partition coefficient (Wildman–Crippen LogP) is 1.92. The van der Waals surface area contributed by atoms with Crippen LogP contribution in [0.5, 0.6) is 11.5 Å². The number of rotatable bonds is 4. The summed E-state index contributed by atoms with van der Waals surface area (Å²) in [4.78, 5) is 0. The van der Waals surface area contributed by atoms with Crippen LogP contribution in [0.1, 0.15) is 25.0 Å². The largest absolute Gasteiger partial charge is 0.493 e. The number of hydrogen-bond donors (Lipinski definition) is 1. The van der Waals surface area contributed by atoms with Crippen LogP contribution in [0.4, 0.5) is 0 Å². The zero-order chi connectivity index (χ0) is 12.3. The van der Waals surface area contributed by atoms with Gasteiger partial charge in [0, 0.05) is 6.42 Å². The van der Waals surface area contributed by atoms with Crippen molar-refractivity contribution in [2.24, 2.45) is 0 Å². The zero-order valence-corrected chi connectivity index (χ0v) is 10.2. The van der Waals surface area contributed by atoms with E-state index in [2.05, 4.69) is 0 Å². The average molecular weight is 238 g/mol. The van der Waals surface area contributed by atoms with Crippen molar-refractivity contribution in [3.8, 4) is 11.5 Å². The Balaban J connectivity index is 2.15. The van der Waals surface area contributed by atoms with Crippen LogP contribution in [-0.2, 0) is 4.74 Å². The molecule has 0 aromatic heterocycles. The molecule has 1 saturated heterocycles. The Labute approximate surface area is 101 Å².